The van der Waals surface area contributed by atoms with Gasteiger partial charge in [-0.05, 0) is 31.0 Å². The molecule has 7 heteroatoms. The highest BCUT2D eigenvalue weighted by atomic mass is 16.5. The van der Waals surface area contributed by atoms with E-state index in [1.165, 1.54) is 5.56 Å². The summed E-state index contributed by atoms with van der Waals surface area (Å²) in [6.07, 6.45) is 1.44. The van der Waals surface area contributed by atoms with Crippen LogP contribution in [0.5, 0.6) is 0 Å². The van der Waals surface area contributed by atoms with Crippen LogP contribution in [0.4, 0.5) is 0 Å². The van der Waals surface area contributed by atoms with Gasteiger partial charge in [-0.25, -0.2) is 4.98 Å². The first-order valence-electron chi connectivity index (χ1n) is 9.97. The maximum Gasteiger partial charge on any atom is 0.306 e. The van der Waals surface area contributed by atoms with Crippen molar-refractivity contribution in [3.05, 3.63) is 75.8 Å². The third kappa shape index (κ3) is 6.27. The van der Waals surface area contributed by atoms with Crippen molar-refractivity contribution in [1.29, 1.82) is 0 Å². The van der Waals surface area contributed by atoms with Crippen LogP contribution in [-0.4, -0.2) is 35.0 Å². The van der Waals surface area contributed by atoms with E-state index in [1.807, 2.05) is 37.3 Å². The lowest BCUT2D eigenvalue weighted by atomic mass is 10.1. The summed E-state index contributed by atoms with van der Waals surface area (Å²) in [7, 11) is 0. The van der Waals surface area contributed by atoms with Gasteiger partial charge in [0.15, 0.2) is 0 Å². The Bertz CT molecular complexity index is 1070. The maximum absolute atomic E-state index is 12.0. The van der Waals surface area contributed by atoms with Crippen LogP contribution in [0, 0.1) is 6.92 Å². The van der Waals surface area contributed by atoms with Crippen LogP contribution in [0.25, 0.3) is 10.9 Å². The number of ether oxygens (including phenoxy) is 1. The molecule has 0 bridgehead atoms. The minimum absolute atomic E-state index is 0.0791. The molecule has 0 saturated heterocycles. The molecule has 0 spiro atoms. The Morgan fingerprint density at radius 1 is 1.03 bits per heavy atom. The summed E-state index contributed by atoms with van der Waals surface area (Å²) in [6.45, 7) is 2.40. The van der Waals surface area contributed by atoms with Crippen molar-refractivity contribution in [2.75, 3.05) is 13.2 Å². The largest absolute Gasteiger partial charge is 0.464 e. The molecule has 0 aliphatic heterocycles. The average molecular weight is 407 g/mol. The highest BCUT2D eigenvalue weighted by molar-refractivity contribution is 5.77. The van der Waals surface area contributed by atoms with Crippen LogP contribution in [0.3, 0.4) is 0 Å². The maximum atomic E-state index is 12.0. The number of para-hydroxylation sites is 1. The molecule has 0 aliphatic carbocycles. The summed E-state index contributed by atoms with van der Waals surface area (Å²) in [5.74, 6) is -0.0377. The second kappa shape index (κ2) is 10.3. The molecule has 0 atom stereocenters. The Morgan fingerprint density at radius 2 is 1.80 bits per heavy atom. The van der Waals surface area contributed by atoms with E-state index in [9.17, 15) is 14.4 Å². The number of nitrogens with one attached hydrogen (secondary N) is 2. The van der Waals surface area contributed by atoms with Crippen LogP contribution in [0.15, 0.2) is 53.3 Å². The fraction of sp³-hybridized carbons (Fsp3) is 0.304. The Balaban J connectivity index is 1.33. The van der Waals surface area contributed by atoms with Gasteiger partial charge in [0, 0.05) is 12.8 Å². The van der Waals surface area contributed by atoms with Crippen LogP contribution in [0.1, 0.15) is 29.8 Å². The smallest absolute Gasteiger partial charge is 0.306 e. The number of nitrogens with zero attached hydrogens (tertiary/aromatic N) is 1. The lowest BCUT2D eigenvalue weighted by molar-refractivity contribution is -0.143. The molecule has 0 radical (unpaired) electrons. The fourth-order valence-electron chi connectivity index (χ4n) is 3.00. The summed E-state index contributed by atoms with van der Waals surface area (Å²) >= 11 is 0. The number of fused-ring (bicyclic) bond motifs is 1. The molecule has 2 N–H and O–H groups in total. The molecule has 0 fully saturated rings. The number of carbonyl (C=O) groups excluding carboxylic acids is 2. The van der Waals surface area contributed by atoms with Crippen LogP contribution < -0.4 is 10.9 Å². The summed E-state index contributed by atoms with van der Waals surface area (Å²) in [5.41, 5.74) is 2.67. The Labute approximate surface area is 174 Å². The van der Waals surface area contributed by atoms with Crippen LogP contribution >= 0.6 is 0 Å². The van der Waals surface area contributed by atoms with Gasteiger partial charge in [0.1, 0.15) is 12.4 Å². The van der Waals surface area contributed by atoms with Crippen molar-refractivity contribution in [3.8, 4) is 0 Å². The van der Waals surface area contributed by atoms with Gasteiger partial charge in [-0.1, -0.05) is 42.0 Å². The zero-order valence-electron chi connectivity index (χ0n) is 16.9. The molecule has 1 aromatic heterocycles. The van der Waals surface area contributed by atoms with E-state index in [1.54, 1.807) is 18.2 Å². The molecule has 2 aromatic carbocycles. The van der Waals surface area contributed by atoms with Crippen molar-refractivity contribution in [3.63, 3.8) is 0 Å². The molecule has 3 aromatic rings. The van der Waals surface area contributed by atoms with Gasteiger partial charge in [0.05, 0.1) is 23.9 Å². The summed E-state index contributed by atoms with van der Waals surface area (Å²) in [6, 6.07) is 15.1. The highest BCUT2D eigenvalue weighted by Crippen LogP contribution is 2.07. The van der Waals surface area contributed by atoms with E-state index in [-0.39, 0.29) is 37.5 Å². The first kappa shape index (κ1) is 21.2. The van der Waals surface area contributed by atoms with Crippen molar-refractivity contribution in [2.45, 2.75) is 32.6 Å². The average Bonchev–Trinajstić information content (AvgIpc) is 2.75. The van der Waals surface area contributed by atoms with Crippen molar-refractivity contribution in [1.82, 2.24) is 15.3 Å². The van der Waals surface area contributed by atoms with Crippen molar-refractivity contribution in [2.24, 2.45) is 0 Å². The monoisotopic (exact) mass is 407 g/mol. The Morgan fingerprint density at radius 3 is 2.60 bits per heavy atom. The van der Waals surface area contributed by atoms with Gasteiger partial charge >= 0.3 is 5.97 Å². The summed E-state index contributed by atoms with van der Waals surface area (Å²) in [5, 5.41) is 3.26. The number of aromatic amines is 1. The third-order valence-corrected chi connectivity index (χ3v) is 4.68. The third-order valence-electron chi connectivity index (χ3n) is 4.68. The first-order valence-corrected chi connectivity index (χ1v) is 9.97. The number of benzene rings is 2. The molecule has 156 valence electrons. The SMILES string of the molecule is Cc1ccc(CCC(=O)NCCOC(=O)CCc2nc3ccccc3c(=O)[nH]2)cc1. The van der Waals surface area contributed by atoms with Gasteiger partial charge in [-0.2, -0.15) is 0 Å². The summed E-state index contributed by atoms with van der Waals surface area (Å²) < 4.78 is 5.13. The predicted octanol–water partition coefficient (Wildman–Crippen LogP) is 2.46. The van der Waals surface area contributed by atoms with Gasteiger partial charge in [0.2, 0.25) is 5.91 Å². The van der Waals surface area contributed by atoms with E-state index >= 15 is 0 Å². The normalized spacial score (nSPS) is 10.7. The van der Waals surface area contributed by atoms with Gasteiger partial charge in [0.25, 0.3) is 5.56 Å². The fourth-order valence-corrected chi connectivity index (χ4v) is 3.00. The van der Waals surface area contributed by atoms with Gasteiger partial charge in [-0.15, -0.1) is 0 Å². The minimum atomic E-state index is -0.403. The number of esters is 1. The zero-order valence-corrected chi connectivity index (χ0v) is 16.9. The van der Waals surface area contributed by atoms with Crippen molar-refractivity contribution >= 4 is 22.8 Å². The molecular weight excluding hydrogens is 382 g/mol. The Hall–Kier alpha value is -3.48. The highest BCUT2D eigenvalue weighted by Gasteiger charge is 2.08. The van der Waals surface area contributed by atoms with Gasteiger partial charge < -0.3 is 15.0 Å². The molecule has 1 heterocycles. The predicted molar refractivity (Wildman–Crippen MR) is 114 cm³/mol. The molecule has 1 amide bonds. The van der Waals surface area contributed by atoms with E-state index in [2.05, 4.69) is 15.3 Å². The lowest BCUT2D eigenvalue weighted by Gasteiger charge is -2.07. The standard InChI is InChI=1S/C23H25N3O4/c1-16-6-8-17(9-7-16)10-12-21(27)24-14-15-30-22(28)13-11-20-25-19-5-3-2-4-18(19)23(29)26-20/h2-9H,10-15H2,1H3,(H,24,27)(H,25,26,29). The number of hydrogen-bond acceptors (Lipinski definition) is 5. The number of amides is 1. The van der Waals surface area contributed by atoms with Crippen LogP contribution in [0.2, 0.25) is 0 Å². The molecule has 30 heavy (non-hydrogen) atoms. The van der Waals surface area contributed by atoms with Crippen molar-refractivity contribution < 1.29 is 14.3 Å². The number of aryl methyl sites for hydroxylation is 3. The summed E-state index contributed by atoms with van der Waals surface area (Å²) in [4.78, 5) is 42.8. The topological polar surface area (TPSA) is 101 Å². The second-order valence-corrected chi connectivity index (χ2v) is 7.09. The van der Waals surface area contributed by atoms with E-state index < -0.39 is 5.97 Å². The molecule has 3 rings (SSSR count). The number of aromatic nitrogens is 2. The lowest BCUT2D eigenvalue weighted by Crippen LogP contribution is -2.28. The minimum Gasteiger partial charge on any atom is -0.464 e. The molecular formula is C23H25N3O4. The Kier molecular flexibility index (Phi) is 7.32. The molecule has 0 unspecified atom stereocenters. The van der Waals surface area contributed by atoms with E-state index in [0.29, 0.717) is 29.6 Å². The molecule has 0 aliphatic rings. The molecule has 7 nitrogen and oxygen atoms in total. The van der Waals surface area contributed by atoms with Gasteiger partial charge in [-0.3, -0.25) is 14.4 Å². The van der Waals surface area contributed by atoms with E-state index in [0.717, 1.165) is 5.56 Å². The number of rotatable bonds is 9. The van der Waals surface area contributed by atoms with Crippen LogP contribution in [-0.2, 0) is 27.2 Å². The number of carbonyl (C=O) groups is 2. The quantitative estimate of drug-likeness (QED) is 0.419. The molecule has 0 saturated carbocycles. The number of hydrogen-bond donors (Lipinski definition) is 2. The first-order chi connectivity index (χ1) is 14.5. The zero-order chi connectivity index (χ0) is 21.3. The number of H-pyrrole nitrogens is 1. The van der Waals surface area contributed by atoms with E-state index in [4.69, 9.17) is 4.74 Å². The second-order valence-electron chi connectivity index (χ2n) is 7.09.